The van der Waals surface area contributed by atoms with Crippen molar-refractivity contribution < 1.29 is 0 Å². The highest BCUT2D eigenvalue weighted by atomic mass is 15.4. The zero-order chi connectivity index (χ0) is 19.5. The highest BCUT2D eigenvalue weighted by Crippen LogP contribution is 2.36. The monoisotopic (exact) mass is 375 g/mol. The third-order valence-electron chi connectivity index (χ3n) is 5.40. The van der Waals surface area contributed by atoms with E-state index in [2.05, 4.69) is 77.6 Å². The molecule has 1 aliphatic rings. The summed E-state index contributed by atoms with van der Waals surface area (Å²) in [6, 6.07) is 15.6. The Morgan fingerprint density at radius 2 is 1.93 bits per heavy atom. The maximum atomic E-state index is 4.88. The Kier molecular flexibility index (Phi) is 5.55. The lowest BCUT2D eigenvalue weighted by Gasteiger charge is -2.25. The molecule has 2 N–H and O–H groups in total. The summed E-state index contributed by atoms with van der Waals surface area (Å²) in [6.45, 7) is 6.76. The topological polar surface area (TPSA) is 54.8 Å². The van der Waals surface area contributed by atoms with Crippen molar-refractivity contribution in [2.24, 2.45) is 5.92 Å². The summed E-state index contributed by atoms with van der Waals surface area (Å²) in [4.78, 5) is 9.27. The van der Waals surface area contributed by atoms with E-state index in [1.807, 2.05) is 24.8 Å². The highest BCUT2D eigenvalue weighted by molar-refractivity contribution is 5.62. The molecule has 0 aliphatic carbocycles. The first-order chi connectivity index (χ1) is 13.6. The van der Waals surface area contributed by atoms with E-state index in [9.17, 15) is 0 Å². The predicted molar refractivity (Wildman–Crippen MR) is 113 cm³/mol. The second kappa shape index (κ2) is 8.25. The van der Waals surface area contributed by atoms with E-state index in [0.717, 1.165) is 24.1 Å². The van der Waals surface area contributed by atoms with Gasteiger partial charge in [-0.05, 0) is 37.3 Å². The maximum absolute atomic E-state index is 4.88. The van der Waals surface area contributed by atoms with Gasteiger partial charge in [-0.15, -0.1) is 0 Å². The highest BCUT2D eigenvalue weighted by Gasteiger charge is 2.31. The average Bonchev–Trinajstić information content (AvgIpc) is 3.33. The molecule has 1 aromatic carbocycles. The fourth-order valence-electron chi connectivity index (χ4n) is 4.11. The summed E-state index contributed by atoms with van der Waals surface area (Å²) in [5, 5.41) is 0. The Hall–Kier alpha value is -2.50. The molecule has 28 heavy (non-hydrogen) atoms. The van der Waals surface area contributed by atoms with E-state index >= 15 is 0 Å². The van der Waals surface area contributed by atoms with Gasteiger partial charge >= 0.3 is 0 Å². The van der Waals surface area contributed by atoms with Crippen LogP contribution in [-0.2, 0) is 0 Å². The number of pyridine rings is 1. The summed E-state index contributed by atoms with van der Waals surface area (Å²) in [5.41, 5.74) is 11.6. The molecular weight excluding hydrogens is 346 g/mol. The van der Waals surface area contributed by atoms with Gasteiger partial charge in [0.1, 0.15) is 0 Å². The molecular formula is C23H29N5. The van der Waals surface area contributed by atoms with Crippen LogP contribution in [0.25, 0.3) is 11.3 Å². The number of nitrogens with zero attached hydrogens (tertiary/aromatic N) is 3. The minimum Gasteiger partial charge on any atom is -0.325 e. The number of benzene rings is 1. The molecule has 4 rings (SSSR count). The van der Waals surface area contributed by atoms with Crippen LogP contribution < -0.4 is 10.9 Å². The fraction of sp³-hybridized carbons (Fsp3) is 0.391. The van der Waals surface area contributed by atoms with Crippen LogP contribution in [0.15, 0.2) is 61.2 Å². The van der Waals surface area contributed by atoms with Crippen LogP contribution in [0.5, 0.6) is 0 Å². The van der Waals surface area contributed by atoms with Gasteiger partial charge in [0.25, 0.3) is 0 Å². The van der Waals surface area contributed by atoms with E-state index in [-0.39, 0.29) is 12.1 Å². The Balaban J connectivity index is 1.84. The zero-order valence-electron chi connectivity index (χ0n) is 16.8. The first-order valence-corrected chi connectivity index (χ1v) is 10.2. The molecule has 0 bridgehead atoms. The average molecular weight is 376 g/mol. The summed E-state index contributed by atoms with van der Waals surface area (Å²) >= 11 is 0. The van der Waals surface area contributed by atoms with Gasteiger partial charge in [-0.2, -0.15) is 0 Å². The van der Waals surface area contributed by atoms with Gasteiger partial charge in [0.2, 0.25) is 0 Å². The zero-order valence-corrected chi connectivity index (χ0v) is 16.8. The summed E-state index contributed by atoms with van der Waals surface area (Å²) in [7, 11) is 0. The number of hydrogen-bond acceptors (Lipinski definition) is 4. The third-order valence-corrected chi connectivity index (χ3v) is 5.40. The predicted octanol–water partition coefficient (Wildman–Crippen LogP) is 4.51. The molecule has 0 radical (unpaired) electrons. The molecule has 1 aliphatic heterocycles. The van der Waals surface area contributed by atoms with Crippen LogP contribution in [0, 0.1) is 5.92 Å². The third kappa shape index (κ3) is 3.86. The van der Waals surface area contributed by atoms with Crippen LogP contribution in [0.4, 0.5) is 0 Å². The van der Waals surface area contributed by atoms with Crippen molar-refractivity contribution in [3.63, 3.8) is 0 Å². The molecule has 3 aromatic rings. The molecule has 3 heterocycles. The van der Waals surface area contributed by atoms with E-state index in [4.69, 9.17) is 4.98 Å². The van der Waals surface area contributed by atoms with Crippen molar-refractivity contribution in [1.29, 1.82) is 0 Å². The van der Waals surface area contributed by atoms with Gasteiger partial charge in [-0.3, -0.25) is 10.4 Å². The van der Waals surface area contributed by atoms with Gasteiger partial charge in [0.05, 0.1) is 29.8 Å². The Morgan fingerprint density at radius 3 is 2.57 bits per heavy atom. The number of hydrazine groups is 1. The van der Waals surface area contributed by atoms with Crippen molar-refractivity contribution in [3.05, 3.63) is 72.4 Å². The molecule has 0 saturated carbocycles. The Bertz CT molecular complexity index is 888. The van der Waals surface area contributed by atoms with E-state index in [1.54, 1.807) is 0 Å². The smallest absolute Gasteiger partial charge is 0.0962 e. The Morgan fingerprint density at radius 1 is 1.11 bits per heavy atom. The summed E-state index contributed by atoms with van der Waals surface area (Å²) < 4.78 is 2.37. The SMILES string of the molecule is CC(C)CC(c1cccnc1)n1cnc(-c2ccccc2)c1C1CC(C)NN1. The normalized spacial score (nSPS) is 20.6. The molecule has 3 atom stereocenters. The minimum atomic E-state index is 0.214. The van der Waals surface area contributed by atoms with Crippen molar-refractivity contribution in [2.45, 2.75) is 51.7 Å². The first-order valence-electron chi connectivity index (χ1n) is 10.2. The summed E-state index contributed by atoms with van der Waals surface area (Å²) in [5.74, 6) is 0.564. The number of aromatic nitrogens is 3. The lowest BCUT2D eigenvalue weighted by atomic mass is 9.96. The van der Waals surface area contributed by atoms with Gasteiger partial charge in [0, 0.05) is 24.0 Å². The van der Waals surface area contributed by atoms with Crippen LogP contribution in [-0.4, -0.2) is 20.6 Å². The molecule has 5 heteroatoms. The standard InChI is InChI=1S/C23H29N5/c1-16(2)12-21(19-10-7-11-24-14-19)28-15-25-22(18-8-5-4-6-9-18)23(28)20-13-17(3)26-27-20/h4-11,14-17,20-21,26-27H,12-13H2,1-3H3. The van der Waals surface area contributed by atoms with Crippen LogP contribution >= 0.6 is 0 Å². The van der Waals surface area contributed by atoms with E-state index in [1.165, 1.54) is 11.3 Å². The second-order valence-corrected chi connectivity index (χ2v) is 8.16. The lowest BCUT2D eigenvalue weighted by Crippen LogP contribution is -2.30. The largest absolute Gasteiger partial charge is 0.325 e. The first kappa shape index (κ1) is 18.8. The minimum absolute atomic E-state index is 0.214. The molecule has 1 fully saturated rings. The van der Waals surface area contributed by atoms with Crippen molar-refractivity contribution in [3.8, 4) is 11.3 Å². The van der Waals surface area contributed by atoms with Crippen LogP contribution in [0.1, 0.15) is 57.0 Å². The molecule has 146 valence electrons. The molecule has 0 amide bonds. The van der Waals surface area contributed by atoms with Gasteiger partial charge in [0.15, 0.2) is 0 Å². The van der Waals surface area contributed by atoms with Gasteiger partial charge in [-0.1, -0.05) is 50.2 Å². The maximum Gasteiger partial charge on any atom is 0.0962 e. The number of rotatable bonds is 6. The van der Waals surface area contributed by atoms with Crippen LogP contribution in [0.2, 0.25) is 0 Å². The van der Waals surface area contributed by atoms with Crippen molar-refractivity contribution >= 4 is 0 Å². The molecule has 2 aromatic heterocycles. The number of imidazole rings is 1. The van der Waals surface area contributed by atoms with E-state index < -0.39 is 0 Å². The number of hydrogen-bond donors (Lipinski definition) is 2. The molecule has 0 spiro atoms. The quantitative estimate of drug-likeness (QED) is 0.666. The van der Waals surface area contributed by atoms with Crippen LogP contribution in [0.3, 0.4) is 0 Å². The Labute approximate surface area is 167 Å². The van der Waals surface area contributed by atoms with Crippen molar-refractivity contribution in [1.82, 2.24) is 25.4 Å². The fourth-order valence-corrected chi connectivity index (χ4v) is 4.11. The number of nitrogens with one attached hydrogen (secondary N) is 2. The molecule has 1 saturated heterocycles. The summed E-state index contributed by atoms with van der Waals surface area (Å²) in [6.07, 6.45) is 7.92. The van der Waals surface area contributed by atoms with Crippen molar-refractivity contribution in [2.75, 3.05) is 0 Å². The van der Waals surface area contributed by atoms with E-state index in [0.29, 0.717) is 12.0 Å². The second-order valence-electron chi connectivity index (χ2n) is 8.16. The van der Waals surface area contributed by atoms with Gasteiger partial charge in [-0.25, -0.2) is 10.4 Å². The molecule has 3 unspecified atom stereocenters. The lowest BCUT2D eigenvalue weighted by molar-refractivity contribution is 0.425. The van der Waals surface area contributed by atoms with Gasteiger partial charge < -0.3 is 4.57 Å². The molecule has 5 nitrogen and oxygen atoms in total.